The Kier molecular flexibility index (Phi) is 5.04. The van der Waals surface area contributed by atoms with E-state index < -0.39 is 34.4 Å². The number of carbonyl (C=O) groups excluding carboxylic acids is 1. The zero-order chi connectivity index (χ0) is 14.6. The van der Waals surface area contributed by atoms with Gasteiger partial charge in [-0.1, -0.05) is 12.1 Å². The predicted octanol–water partition coefficient (Wildman–Crippen LogP) is 0.0560. The number of halogens is 1. The van der Waals surface area contributed by atoms with Gasteiger partial charge in [0.2, 0.25) is 15.9 Å². The molecule has 0 radical (unpaired) electrons. The first-order valence-electron chi connectivity index (χ1n) is 5.02. The molecule has 1 rings (SSSR count). The predicted molar refractivity (Wildman–Crippen MR) is 69.7 cm³/mol. The lowest BCUT2D eigenvalue weighted by Gasteiger charge is -2.14. The van der Waals surface area contributed by atoms with Crippen LogP contribution in [-0.2, 0) is 19.6 Å². The quantitative estimate of drug-likeness (QED) is 0.668. The molecule has 4 N–H and O–H groups in total. The summed E-state index contributed by atoms with van der Waals surface area (Å²) in [6.07, 6.45) is -0.723. The number of carbonyl (C=O) groups is 2. The van der Waals surface area contributed by atoms with Gasteiger partial charge in [-0.05, 0) is 28.1 Å². The van der Waals surface area contributed by atoms with Crippen LogP contribution in [0, 0.1) is 0 Å². The van der Waals surface area contributed by atoms with Crippen molar-refractivity contribution in [1.29, 1.82) is 0 Å². The molecule has 0 aliphatic rings. The highest BCUT2D eigenvalue weighted by molar-refractivity contribution is 9.10. The number of nitrogens with one attached hydrogen (secondary N) is 1. The summed E-state index contributed by atoms with van der Waals surface area (Å²) in [7, 11) is -4.04. The lowest BCUT2D eigenvalue weighted by Crippen LogP contribution is -2.45. The van der Waals surface area contributed by atoms with E-state index in [4.69, 9.17) is 10.8 Å². The summed E-state index contributed by atoms with van der Waals surface area (Å²) in [5.41, 5.74) is 4.97. The van der Waals surface area contributed by atoms with Crippen molar-refractivity contribution in [2.24, 2.45) is 5.73 Å². The summed E-state index contributed by atoms with van der Waals surface area (Å²) in [6, 6.07) is 4.42. The van der Waals surface area contributed by atoms with E-state index in [-0.39, 0.29) is 4.90 Å². The van der Waals surface area contributed by atoms with Crippen LogP contribution in [-0.4, -0.2) is 31.4 Å². The number of carboxylic acid groups (broad SMARTS) is 1. The van der Waals surface area contributed by atoms with E-state index in [2.05, 4.69) is 15.9 Å². The summed E-state index contributed by atoms with van der Waals surface area (Å²) < 4.78 is 26.3. The Morgan fingerprint density at radius 2 is 1.95 bits per heavy atom. The summed E-state index contributed by atoms with van der Waals surface area (Å²) in [5.74, 6) is -2.39. The zero-order valence-electron chi connectivity index (χ0n) is 9.54. The maximum atomic E-state index is 12.0. The third kappa shape index (κ3) is 4.30. The van der Waals surface area contributed by atoms with Crippen LogP contribution in [0.1, 0.15) is 6.42 Å². The van der Waals surface area contributed by atoms with E-state index >= 15 is 0 Å². The third-order valence-corrected chi connectivity index (χ3v) is 4.63. The van der Waals surface area contributed by atoms with Crippen LogP contribution in [0.2, 0.25) is 0 Å². The number of rotatable bonds is 6. The van der Waals surface area contributed by atoms with Gasteiger partial charge in [0.1, 0.15) is 6.04 Å². The summed E-state index contributed by atoms with van der Waals surface area (Å²) in [5, 5.41) is 8.60. The number of primary amides is 1. The third-order valence-electron chi connectivity index (χ3n) is 2.15. The first kappa shape index (κ1) is 15.6. The lowest BCUT2D eigenvalue weighted by molar-refractivity contribution is -0.139. The van der Waals surface area contributed by atoms with Crippen molar-refractivity contribution >= 4 is 37.8 Å². The van der Waals surface area contributed by atoms with Gasteiger partial charge in [-0.25, -0.2) is 8.42 Å². The monoisotopic (exact) mass is 350 g/mol. The van der Waals surface area contributed by atoms with E-state index in [1.165, 1.54) is 18.2 Å². The highest BCUT2D eigenvalue weighted by Crippen LogP contribution is 2.21. The fourth-order valence-electron chi connectivity index (χ4n) is 1.29. The van der Waals surface area contributed by atoms with Crippen LogP contribution in [0.15, 0.2) is 33.6 Å². The largest absolute Gasteiger partial charge is 0.481 e. The molecule has 0 saturated heterocycles. The molecule has 1 aromatic carbocycles. The van der Waals surface area contributed by atoms with Gasteiger partial charge in [-0.15, -0.1) is 0 Å². The van der Waals surface area contributed by atoms with Crippen LogP contribution in [0.4, 0.5) is 0 Å². The zero-order valence-corrected chi connectivity index (χ0v) is 11.9. The van der Waals surface area contributed by atoms with Crippen LogP contribution in [0.3, 0.4) is 0 Å². The van der Waals surface area contributed by atoms with Gasteiger partial charge >= 0.3 is 5.97 Å². The van der Waals surface area contributed by atoms with E-state index in [0.29, 0.717) is 4.47 Å². The first-order valence-corrected chi connectivity index (χ1v) is 7.29. The Morgan fingerprint density at radius 1 is 1.37 bits per heavy atom. The number of hydrogen-bond donors (Lipinski definition) is 3. The summed E-state index contributed by atoms with van der Waals surface area (Å²) >= 11 is 3.06. The Balaban J connectivity index is 3.04. The fourth-order valence-corrected chi connectivity index (χ4v) is 3.50. The molecule has 9 heteroatoms. The lowest BCUT2D eigenvalue weighted by atomic mass is 10.2. The standard InChI is InChI=1S/C10H11BrN2O5S/c11-6-3-1-2-4-8(6)19(17,18)13-7(10(12)16)5-9(14)15/h1-4,7,13H,5H2,(H2,12,16)(H,14,15)/t7-/m0/s1. The molecule has 1 amide bonds. The molecule has 104 valence electrons. The van der Waals surface area contributed by atoms with E-state index in [1.807, 2.05) is 4.72 Å². The van der Waals surface area contributed by atoms with Gasteiger partial charge < -0.3 is 10.8 Å². The Hall–Kier alpha value is -1.45. The second kappa shape index (κ2) is 6.13. The van der Waals surface area contributed by atoms with Crippen LogP contribution >= 0.6 is 15.9 Å². The second-order valence-corrected chi connectivity index (χ2v) is 6.14. The molecule has 0 aliphatic heterocycles. The molecule has 0 heterocycles. The van der Waals surface area contributed by atoms with Gasteiger partial charge in [0.25, 0.3) is 0 Å². The number of sulfonamides is 1. The minimum atomic E-state index is -4.04. The molecule has 19 heavy (non-hydrogen) atoms. The molecule has 0 spiro atoms. The van der Waals surface area contributed by atoms with Gasteiger partial charge in [-0.3, -0.25) is 9.59 Å². The van der Waals surface area contributed by atoms with E-state index in [9.17, 15) is 18.0 Å². The summed E-state index contributed by atoms with van der Waals surface area (Å²) in [4.78, 5) is 21.5. The highest BCUT2D eigenvalue weighted by atomic mass is 79.9. The van der Waals surface area contributed by atoms with Crippen molar-refractivity contribution in [2.75, 3.05) is 0 Å². The van der Waals surface area contributed by atoms with E-state index in [0.717, 1.165) is 0 Å². The fraction of sp³-hybridized carbons (Fsp3) is 0.200. The average molecular weight is 351 g/mol. The minimum absolute atomic E-state index is 0.105. The van der Waals surface area contributed by atoms with Crippen molar-refractivity contribution in [2.45, 2.75) is 17.4 Å². The number of nitrogens with two attached hydrogens (primary N) is 1. The number of hydrogen-bond acceptors (Lipinski definition) is 4. The molecular weight excluding hydrogens is 340 g/mol. The molecule has 0 aromatic heterocycles. The minimum Gasteiger partial charge on any atom is -0.481 e. The molecular formula is C10H11BrN2O5S. The maximum absolute atomic E-state index is 12.0. The smallest absolute Gasteiger partial charge is 0.305 e. The normalized spacial score (nSPS) is 12.9. The Bertz CT molecular complexity index is 602. The van der Waals surface area contributed by atoms with Crippen molar-refractivity contribution in [3.63, 3.8) is 0 Å². The highest BCUT2D eigenvalue weighted by Gasteiger charge is 2.27. The van der Waals surface area contributed by atoms with E-state index in [1.54, 1.807) is 6.07 Å². The van der Waals surface area contributed by atoms with Crippen LogP contribution in [0.25, 0.3) is 0 Å². The van der Waals surface area contributed by atoms with Crippen molar-refractivity contribution in [3.8, 4) is 0 Å². The average Bonchev–Trinajstić information content (AvgIpc) is 2.27. The topological polar surface area (TPSA) is 127 Å². The molecule has 0 aliphatic carbocycles. The molecule has 7 nitrogen and oxygen atoms in total. The maximum Gasteiger partial charge on any atom is 0.305 e. The second-order valence-electron chi connectivity index (χ2n) is 3.60. The molecule has 1 aromatic rings. The molecule has 0 saturated carbocycles. The van der Waals surface area contributed by atoms with Gasteiger partial charge in [0.15, 0.2) is 0 Å². The first-order chi connectivity index (χ1) is 8.74. The Morgan fingerprint density at radius 3 is 2.42 bits per heavy atom. The van der Waals surface area contributed by atoms with Crippen molar-refractivity contribution < 1.29 is 23.1 Å². The molecule has 0 bridgehead atoms. The van der Waals surface area contributed by atoms with Gasteiger partial charge in [0, 0.05) is 4.47 Å². The van der Waals surface area contributed by atoms with Crippen molar-refractivity contribution in [1.82, 2.24) is 4.72 Å². The number of amides is 1. The van der Waals surface area contributed by atoms with Crippen LogP contribution in [0.5, 0.6) is 0 Å². The number of aliphatic carboxylic acids is 1. The SMILES string of the molecule is NC(=O)[C@H](CC(=O)O)NS(=O)(=O)c1ccccc1Br. The molecule has 1 atom stereocenters. The Labute approximate surface area is 118 Å². The molecule has 0 unspecified atom stereocenters. The van der Waals surface area contributed by atoms with Gasteiger partial charge in [-0.2, -0.15) is 4.72 Å². The van der Waals surface area contributed by atoms with Crippen molar-refractivity contribution in [3.05, 3.63) is 28.7 Å². The molecule has 0 fully saturated rings. The number of carboxylic acids is 1. The number of benzene rings is 1. The van der Waals surface area contributed by atoms with Crippen LogP contribution < -0.4 is 10.5 Å². The van der Waals surface area contributed by atoms with Gasteiger partial charge in [0.05, 0.1) is 11.3 Å². The summed E-state index contributed by atoms with van der Waals surface area (Å²) in [6.45, 7) is 0.